The standard InChI is InChI=1S/C15H16N2O/c16-14(13-8-1-2-9-17-13)12-7-3-5-11-6-4-10-18-15(11)12/h1-3,5,7-9,14H,4,6,10,16H2. The summed E-state index contributed by atoms with van der Waals surface area (Å²) in [6, 6.07) is 11.8. The van der Waals surface area contributed by atoms with Crippen LogP contribution in [0, 0.1) is 0 Å². The van der Waals surface area contributed by atoms with Gasteiger partial charge < -0.3 is 10.5 Å². The van der Waals surface area contributed by atoms with Gasteiger partial charge in [0.1, 0.15) is 5.75 Å². The molecular formula is C15H16N2O. The third-order valence-electron chi connectivity index (χ3n) is 3.31. The lowest BCUT2D eigenvalue weighted by Gasteiger charge is -2.23. The van der Waals surface area contributed by atoms with Gasteiger partial charge in [-0.3, -0.25) is 4.98 Å². The number of hydrogen-bond acceptors (Lipinski definition) is 3. The summed E-state index contributed by atoms with van der Waals surface area (Å²) in [7, 11) is 0. The van der Waals surface area contributed by atoms with E-state index < -0.39 is 0 Å². The van der Waals surface area contributed by atoms with Gasteiger partial charge in [-0.2, -0.15) is 0 Å². The van der Waals surface area contributed by atoms with Crippen LogP contribution >= 0.6 is 0 Å². The third kappa shape index (κ3) is 1.97. The summed E-state index contributed by atoms with van der Waals surface area (Å²) in [4.78, 5) is 4.32. The predicted molar refractivity (Wildman–Crippen MR) is 70.5 cm³/mol. The first-order chi connectivity index (χ1) is 8.86. The fourth-order valence-electron chi connectivity index (χ4n) is 2.38. The van der Waals surface area contributed by atoms with Gasteiger partial charge in [-0.25, -0.2) is 0 Å². The fraction of sp³-hybridized carbons (Fsp3) is 0.267. The van der Waals surface area contributed by atoms with Crippen molar-refractivity contribution in [3.8, 4) is 5.75 Å². The maximum Gasteiger partial charge on any atom is 0.127 e. The molecule has 0 saturated carbocycles. The maximum absolute atomic E-state index is 6.30. The summed E-state index contributed by atoms with van der Waals surface area (Å²) in [5.41, 5.74) is 9.46. The maximum atomic E-state index is 6.30. The number of nitrogens with two attached hydrogens (primary N) is 1. The smallest absolute Gasteiger partial charge is 0.127 e. The molecule has 0 saturated heterocycles. The van der Waals surface area contributed by atoms with Gasteiger partial charge in [-0.1, -0.05) is 24.3 Å². The zero-order valence-corrected chi connectivity index (χ0v) is 10.2. The zero-order valence-electron chi connectivity index (χ0n) is 10.2. The van der Waals surface area contributed by atoms with E-state index in [1.54, 1.807) is 6.20 Å². The van der Waals surface area contributed by atoms with Gasteiger partial charge in [0.05, 0.1) is 18.3 Å². The van der Waals surface area contributed by atoms with E-state index in [0.29, 0.717) is 0 Å². The quantitative estimate of drug-likeness (QED) is 0.877. The van der Waals surface area contributed by atoms with E-state index in [9.17, 15) is 0 Å². The van der Waals surface area contributed by atoms with Crippen LogP contribution in [-0.4, -0.2) is 11.6 Å². The number of benzene rings is 1. The first-order valence-corrected chi connectivity index (χ1v) is 6.27. The van der Waals surface area contributed by atoms with Gasteiger partial charge >= 0.3 is 0 Å². The lowest BCUT2D eigenvalue weighted by atomic mass is 9.96. The summed E-state index contributed by atoms with van der Waals surface area (Å²) >= 11 is 0. The zero-order chi connectivity index (χ0) is 12.4. The highest BCUT2D eigenvalue weighted by Crippen LogP contribution is 2.33. The number of para-hydroxylation sites is 1. The molecule has 1 atom stereocenters. The average molecular weight is 240 g/mol. The minimum absolute atomic E-state index is 0.223. The van der Waals surface area contributed by atoms with Crippen LogP contribution in [0.5, 0.6) is 5.75 Å². The van der Waals surface area contributed by atoms with Crippen molar-refractivity contribution in [2.24, 2.45) is 5.73 Å². The van der Waals surface area contributed by atoms with Crippen molar-refractivity contribution in [3.05, 3.63) is 59.4 Å². The molecule has 1 aliphatic rings. The Bertz CT molecular complexity index is 539. The van der Waals surface area contributed by atoms with E-state index in [1.165, 1.54) is 5.56 Å². The molecule has 18 heavy (non-hydrogen) atoms. The minimum atomic E-state index is -0.223. The van der Waals surface area contributed by atoms with Crippen molar-refractivity contribution in [1.82, 2.24) is 4.98 Å². The van der Waals surface area contributed by atoms with Crippen molar-refractivity contribution in [1.29, 1.82) is 0 Å². The van der Waals surface area contributed by atoms with Crippen molar-refractivity contribution < 1.29 is 4.74 Å². The molecule has 0 radical (unpaired) electrons. The highest BCUT2D eigenvalue weighted by Gasteiger charge is 2.20. The van der Waals surface area contributed by atoms with Gasteiger partial charge in [-0.15, -0.1) is 0 Å². The predicted octanol–water partition coefficient (Wildman–Crippen LogP) is 2.45. The Morgan fingerprint density at radius 3 is 2.94 bits per heavy atom. The van der Waals surface area contributed by atoms with Crippen LogP contribution in [0.15, 0.2) is 42.6 Å². The molecule has 2 N–H and O–H groups in total. The van der Waals surface area contributed by atoms with Crippen LogP contribution in [0.25, 0.3) is 0 Å². The van der Waals surface area contributed by atoms with Crippen LogP contribution in [0.4, 0.5) is 0 Å². The number of aromatic nitrogens is 1. The second kappa shape index (κ2) is 4.78. The summed E-state index contributed by atoms with van der Waals surface area (Å²) in [6.07, 6.45) is 3.92. The Morgan fingerprint density at radius 2 is 2.11 bits per heavy atom. The van der Waals surface area contributed by atoms with Crippen LogP contribution in [0.3, 0.4) is 0 Å². The van der Waals surface area contributed by atoms with Crippen molar-refractivity contribution in [2.45, 2.75) is 18.9 Å². The molecule has 3 nitrogen and oxygen atoms in total. The SMILES string of the molecule is NC(c1ccccn1)c1cccc2c1OCCC2. The lowest BCUT2D eigenvalue weighted by molar-refractivity contribution is 0.284. The molecule has 1 aromatic carbocycles. The summed E-state index contributed by atoms with van der Waals surface area (Å²) < 4.78 is 5.79. The van der Waals surface area contributed by atoms with Crippen molar-refractivity contribution >= 4 is 0 Å². The minimum Gasteiger partial charge on any atom is -0.493 e. The number of rotatable bonds is 2. The highest BCUT2D eigenvalue weighted by atomic mass is 16.5. The van der Waals surface area contributed by atoms with E-state index in [1.807, 2.05) is 30.3 Å². The normalized spacial score (nSPS) is 15.6. The molecule has 2 heterocycles. The Balaban J connectivity index is 2.02. The second-order valence-corrected chi connectivity index (χ2v) is 4.52. The number of pyridine rings is 1. The van der Waals surface area contributed by atoms with Crippen LogP contribution in [0.1, 0.15) is 29.3 Å². The molecule has 92 valence electrons. The third-order valence-corrected chi connectivity index (χ3v) is 3.31. The molecule has 0 spiro atoms. The molecule has 1 aliphatic heterocycles. The van der Waals surface area contributed by atoms with Crippen LogP contribution < -0.4 is 10.5 Å². The lowest BCUT2D eigenvalue weighted by Crippen LogP contribution is -2.18. The Kier molecular flexibility index (Phi) is 2.99. The summed E-state index contributed by atoms with van der Waals surface area (Å²) in [5.74, 6) is 0.960. The van der Waals surface area contributed by atoms with E-state index >= 15 is 0 Å². The molecule has 1 aromatic heterocycles. The molecule has 1 unspecified atom stereocenters. The van der Waals surface area contributed by atoms with Crippen molar-refractivity contribution in [2.75, 3.05) is 6.61 Å². The molecule has 0 aliphatic carbocycles. The monoisotopic (exact) mass is 240 g/mol. The van der Waals surface area contributed by atoms with Gasteiger partial charge in [0.2, 0.25) is 0 Å². The molecule has 2 aromatic rings. The Hall–Kier alpha value is -1.87. The topological polar surface area (TPSA) is 48.1 Å². The second-order valence-electron chi connectivity index (χ2n) is 4.52. The van der Waals surface area contributed by atoms with Crippen molar-refractivity contribution in [3.63, 3.8) is 0 Å². The van der Waals surface area contributed by atoms with Gasteiger partial charge in [0.15, 0.2) is 0 Å². The Labute approximate surface area is 107 Å². The number of nitrogens with zero attached hydrogens (tertiary/aromatic N) is 1. The number of fused-ring (bicyclic) bond motifs is 1. The molecule has 0 bridgehead atoms. The first-order valence-electron chi connectivity index (χ1n) is 6.27. The highest BCUT2D eigenvalue weighted by molar-refractivity contribution is 5.46. The van der Waals surface area contributed by atoms with E-state index in [-0.39, 0.29) is 6.04 Å². The molecule has 0 amide bonds. The summed E-state index contributed by atoms with van der Waals surface area (Å²) in [5, 5.41) is 0. The van der Waals surface area contributed by atoms with E-state index in [0.717, 1.165) is 36.5 Å². The molecule has 0 fully saturated rings. The van der Waals surface area contributed by atoms with Crippen LogP contribution in [0.2, 0.25) is 0 Å². The first kappa shape index (κ1) is 11.2. The molecular weight excluding hydrogens is 224 g/mol. The number of aryl methyl sites for hydroxylation is 1. The van der Waals surface area contributed by atoms with Gasteiger partial charge in [0, 0.05) is 11.8 Å². The van der Waals surface area contributed by atoms with Crippen LogP contribution in [-0.2, 0) is 6.42 Å². The molecule has 3 rings (SSSR count). The average Bonchev–Trinajstić information content (AvgIpc) is 2.47. The largest absolute Gasteiger partial charge is 0.493 e. The number of ether oxygens (including phenoxy) is 1. The van der Waals surface area contributed by atoms with Gasteiger partial charge in [0.25, 0.3) is 0 Å². The van der Waals surface area contributed by atoms with E-state index in [4.69, 9.17) is 10.5 Å². The van der Waals surface area contributed by atoms with E-state index in [2.05, 4.69) is 11.1 Å². The molecule has 3 heteroatoms. The fourth-order valence-corrected chi connectivity index (χ4v) is 2.38. The Morgan fingerprint density at radius 1 is 1.17 bits per heavy atom. The van der Waals surface area contributed by atoms with Gasteiger partial charge in [-0.05, 0) is 30.5 Å². The summed E-state index contributed by atoms with van der Waals surface area (Å²) in [6.45, 7) is 0.777. The number of hydrogen-bond donors (Lipinski definition) is 1.